The summed E-state index contributed by atoms with van der Waals surface area (Å²) >= 11 is 0. The van der Waals surface area contributed by atoms with Gasteiger partial charge in [0.15, 0.2) is 0 Å². The van der Waals surface area contributed by atoms with Crippen molar-refractivity contribution in [1.29, 1.82) is 0 Å². The van der Waals surface area contributed by atoms with E-state index in [4.69, 9.17) is 0 Å². The Morgan fingerprint density at radius 2 is 1.55 bits per heavy atom. The Hall–Kier alpha value is -1.82. The van der Waals surface area contributed by atoms with E-state index in [1.165, 1.54) is 16.8 Å². The molecule has 0 saturated carbocycles. The zero-order valence-electron chi connectivity index (χ0n) is 12.3. The van der Waals surface area contributed by atoms with E-state index >= 15 is 0 Å². The number of hydrogen-bond donors (Lipinski definition) is 0. The van der Waals surface area contributed by atoms with Crippen LogP contribution in [0.4, 0.5) is 0 Å². The third-order valence-corrected chi connectivity index (χ3v) is 7.19. The smallest absolute Gasteiger partial charge is 0.0815 e. The standard InChI is InChI=1S/C19H22Si/c1-4-11-18(17-12-7-5-8-13-17)16-20(2,3)19-14-9-6-10-15-19/h5-15,18H,1,16H2,2-3H3. The molecule has 0 bridgehead atoms. The van der Waals surface area contributed by atoms with E-state index in [1.54, 1.807) is 0 Å². The molecule has 0 aromatic heterocycles. The second-order valence-corrected chi connectivity index (χ2v) is 10.6. The lowest BCUT2D eigenvalue weighted by atomic mass is 10.0. The van der Waals surface area contributed by atoms with E-state index in [2.05, 4.69) is 92.1 Å². The average molecular weight is 278 g/mol. The summed E-state index contributed by atoms with van der Waals surface area (Å²) in [7, 11) is -1.46. The maximum absolute atomic E-state index is 3.76. The Balaban J connectivity index is 2.27. The predicted molar refractivity (Wildman–Crippen MR) is 91.3 cm³/mol. The number of allylic oxidation sites excluding steroid dienone is 1. The quantitative estimate of drug-likeness (QED) is 0.548. The summed E-state index contributed by atoms with van der Waals surface area (Å²) in [6, 6.07) is 22.8. The molecule has 0 aliphatic carbocycles. The van der Waals surface area contributed by atoms with Crippen LogP contribution in [0, 0.1) is 0 Å². The fraction of sp³-hybridized carbons (Fsp3) is 0.211. The van der Waals surface area contributed by atoms with E-state index in [1.807, 2.05) is 0 Å². The van der Waals surface area contributed by atoms with Gasteiger partial charge in [-0.3, -0.25) is 0 Å². The molecule has 1 unspecified atom stereocenters. The molecule has 0 N–H and O–H groups in total. The molecular weight excluding hydrogens is 256 g/mol. The molecule has 1 heteroatoms. The topological polar surface area (TPSA) is 0 Å². The molecule has 0 amide bonds. The van der Waals surface area contributed by atoms with E-state index in [-0.39, 0.29) is 0 Å². The molecule has 2 aromatic carbocycles. The van der Waals surface area contributed by atoms with Crippen LogP contribution < -0.4 is 5.19 Å². The van der Waals surface area contributed by atoms with Crippen LogP contribution in [0.2, 0.25) is 19.1 Å². The fourth-order valence-corrected chi connectivity index (χ4v) is 5.46. The van der Waals surface area contributed by atoms with Gasteiger partial charge in [-0.1, -0.05) is 85.5 Å². The minimum atomic E-state index is -1.46. The van der Waals surface area contributed by atoms with Crippen molar-refractivity contribution in [3.8, 4) is 0 Å². The van der Waals surface area contributed by atoms with E-state index < -0.39 is 8.07 Å². The van der Waals surface area contributed by atoms with Crippen LogP contribution in [0.25, 0.3) is 0 Å². The largest absolute Gasteiger partial charge is 0.132 e. The first-order valence-electron chi connectivity index (χ1n) is 7.10. The van der Waals surface area contributed by atoms with Crippen LogP contribution >= 0.6 is 0 Å². The highest BCUT2D eigenvalue weighted by molar-refractivity contribution is 6.89. The summed E-state index contributed by atoms with van der Waals surface area (Å²) in [6.45, 7) is 8.64. The van der Waals surface area contributed by atoms with Crippen molar-refractivity contribution in [2.45, 2.75) is 25.1 Å². The van der Waals surface area contributed by atoms with Crippen molar-refractivity contribution in [3.63, 3.8) is 0 Å². The summed E-state index contributed by atoms with van der Waals surface area (Å²) in [6.07, 6.45) is 2.12. The third kappa shape index (κ3) is 3.60. The molecule has 0 spiro atoms. The van der Waals surface area contributed by atoms with Gasteiger partial charge in [-0.15, -0.1) is 5.73 Å². The van der Waals surface area contributed by atoms with Gasteiger partial charge in [0, 0.05) is 5.92 Å². The number of hydrogen-bond acceptors (Lipinski definition) is 0. The van der Waals surface area contributed by atoms with Gasteiger partial charge in [0.1, 0.15) is 0 Å². The summed E-state index contributed by atoms with van der Waals surface area (Å²) < 4.78 is 0. The first kappa shape index (κ1) is 14.6. The molecule has 20 heavy (non-hydrogen) atoms. The van der Waals surface area contributed by atoms with Crippen LogP contribution in [0.5, 0.6) is 0 Å². The highest BCUT2D eigenvalue weighted by atomic mass is 28.3. The summed E-state index contributed by atoms with van der Waals surface area (Å²) in [5.41, 5.74) is 4.35. The van der Waals surface area contributed by atoms with Gasteiger partial charge in [-0.25, -0.2) is 0 Å². The fourth-order valence-electron chi connectivity index (χ4n) is 2.67. The average Bonchev–Trinajstić information content (AvgIpc) is 2.48. The first-order chi connectivity index (χ1) is 9.63. The van der Waals surface area contributed by atoms with Crippen molar-refractivity contribution in [2.24, 2.45) is 0 Å². The molecule has 0 heterocycles. The molecule has 0 nitrogen and oxygen atoms in total. The van der Waals surface area contributed by atoms with Crippen LogP contribution in [-0.4, -0.2) is 8.07 Å². The normalized spacial score (nSPS) is 12.5. The van der Waals surface area contributed by atoms with Crippen molar-refractivity contribution >= 4 is 13.3 Å². The molecule has 2 aromatic rings. The Morgan fingerprint density at radius 3 is 2.10 bits per heavy atom. The highest BCUT2D eigenvalue weighted by Gasteiger charge is 2.27. The van der Waals surface area contributed by atoms with Crippen LogP contribution in [0.1, 0.15) is 11.5 Å². The van der Waals surface area contributed by atoms with Crippen LogP contribution in [0.15, 0.2) is 79.0 Å². The maximum atomic E-state index is 3.76. The Bertz CT molecular complexity index is 578. The summed E-state index contributed by atoms with van der Waals surface area (Å²) in [4.78, 5) is 0. The Morgan fingerprint density at radius 1 is 1.00 bits per heavy atom. The van der Waals surface area contributed by atoms with Gasteiger partial charge in [0.25, 0.3) is 0 Å². The molecule has 1 atom stereocenters. The van der Waals surface area contributed by atoms with Crippen LogP contribution in [0.3, 0.4) is 0 Å². The lowest BCUT2D eigenvalue weighted by Gasteiger charge is -2.27. The van der Waals surface area contributed by atoms with Gasteiger partial charge in [-0.2, -0.15) is 0 Å². The summed E-state index contributed by atoms with van der Waals surface area (Å²) in [5.74, 6) is 0.413. The molecule has 2 rings (SSSR count). The molecule has 0 aliphatic heterocycles. The first-order valence-corrected chi connectivity index (χ1v) is 10.3. The van der Waals surface area contributed by atoms with Gasteiger partial charge in [-0.05, 0) is 17.7 Å². The Kier molecular flexibility index (Phi) is 4.78. The van der Waals surface area contributed by atoms with E-state index in [0.717, 1.165) is 0 Å². The van der Waals surface area contributed by atoms with Crippen molar-refractivity contribution in [3.05, 3.63) is 84.6 Å². The molecule has 0 aliphatic rings. The SMILES string of the molecule is C=C=CC(C[Si](C)(C)c1ccccc1)c1ccccc1. The lowest BCUT2D eigenvalue weighted by Crippen LogP contribution is -2.42. The minimum absolute atomic E-state index is 0.413. The molecule has 0 saturated heterocycles. The van der Waals surface area contributed by atoms with Gasteiger partial charge in [0.2, 0.25) is 0 Å². The molecular formula is C19H22Si. The molecule has 0 radical (unpaired) electrons. The predicted octanol–water partition coefficient (Wildman–Crippen LogP) is 4.73. The van der Waals surface area contributed by atoms with Crippen molar-refractivity contribution in [2.75, 3.05) is 0 Å². The zero-order valence-corrected chi connectivity index (χ0v) is 13.3. The lowest BCUT2D eigenvalue weighted by molar-refractivity contribution is 0.944. The van der Waals surface area contributed by atoms with E-state index in [9.17, 15) is 0 Å². The maximum Gasteiger partial charge on any atom is 0.0815 e. The molecule has 102 valence electrons. The van der Waals surface area contributed by atoms with Crippen molar-refractivity contribution in [1.82, 2.24) is 0 Å². The highest BCUT2D eigenvalue weighted by Crippen LogP contribution is 2.27. The van der Waals surface area contributed by atoms with Gasteiger partial charge < -0.3 is 0 Å². The number of rotatable bonds is 5. The monoisotopic (exact) mass is 278 g/mol. The minimum Gasteiger partial charge on any atom is -0.132 e. The third-order valence-electron chi connectivity index (χ3n) is 3.83. The van der Waals surface area contributed by atoms with Gasteiger partial charge in [0.05, 0.1) is 8.07 Å². The van der Waals surface area contributed by atoms with Crippen LogP contribution in [-0.2, 0) is 0 Å². The Labute approximate surface area is 123 Å². The van der Waals surface area contributed by atoms with Crippen molar-refractivity contribution < 1.29 is 0 Å². The van der Waals surface area contributed by atoms with E-state index in [0.29, 0.717) is 5.92 Å². The second kappa shape index (κ2) is 6.56. The van der Waals surface area contributed by atoms with Gasteiger partial charge >= 0.3 is 0 Å². The molecule has 0 fully saturated rings. The summed E-state index contributed by atoms with van der Waals surface area (Å²) in [5, 5.41) is 1.51. The number of benzene rings is 2. The zero-order chi connectivity index (χ0) is 14.4. The second-order valence-electron chi connectivity index (χ2n) is 5.84.